The number of thioether (sulfide) groups is 1. The van der Waals surface area contributed by atoms with E-state index in [1.165, 1.54) is 4.90 Å². The zero-order valence-electron chi connectivity index (χ0n) is 9.64. The fourth-order valence-electron chi connectivity index (χ4n) is 1.51. The molecule has 88 valence electrons. The van der Waals surface area contributed by atoms with Gasteiger partial charge in [-0.05, 0) is 31.4 Å². The molecular weight excluding hydrogens is 222 g/mol. The fourth-order valence-corrected chi connectivity index (χ4v) is 1.96. The molecule has 4 heteroatoms. The van der Waals surface area contributed by atoms with Gasteiger partial charge in [0.25, 0.3) is 0 Å². The number of carboxylic acids is 1. The summed E-state index contributed by atoms with van der Waals surface area (Å²) in [6, 6.07) is 8.17. The topological polar surface area (TPSA) is 40.5 Å². The van der Waals surface area contributed by atoms with Crippen LogP contribution in [-0.4, -0.2) is 30.4 Å². The van der Waals surface area contributed by atoms with Crippen LogP contribution in [0.5, 0.6) is 0 Å². The van der Waals surface area contributed by atoms with Gasteiger partial charge in [-0.1, -0.05) is 6.07 Å². The monoisotopic (exact) mass is 239 g/mol. The van der Waals surface area contributed by atoms with Crippen LogP contribution in [0.25, 0.3) is 0 Å². The van der Waals surface area contributed by atoms with Crippen LogP contribution >= 0.6 is 11.8 Å². The summed E-state index contributed by atoms with van der Waals surface area (Å²) in [5, 5.41) is 8.67. The molecule has 0 atom stereocenters. The number of carbonyl (C=O) groups is 1. The highest BCUT2D eigenvalue weighted by Gasteiger charge is 2.06. The normalized spacial score (nSPS) is 10.1. The summed E-state index contributed by atoms with van der Waals surface area (Å²) in [7, 11) is 0. The van der Waals surface area contributed by atoms with Crippen molar-refractivity contribution < 1.29 is 9.90 Å². The second-order valence-electron chi connectivity index (χ2n) is 3.42. The van der Waals surface area contributed by atoms with Crippen LogP contribution in [0.2, 0.25) is 0 Å². The van der Waals surface area contributed by atoms with E-state index in [9.17, 15) is 4.79 Å². The quantitative estimate of drug-likeness (QED) is 0.775. The van der Waals surface area contributed by atoms with E-state index >= 15 is 0 Å². The SMILES string of the molecule is CCN(CCC(=O)O)c1cccc(SC)c1. The van der Waals surface area contributed by atoms with Crippen LogP contribution in [-0.2, 0) is 4.79 Å². The molecule has 0 unspecified atom stereocenters. The average molecular weight is 239 g/mol. The molecule has 0 fully saturated rings. The average Bonchev–Trinajstić information content (AvgIpc) is 2.30. The third-order valence-electron chi connectivity index (χ3n) is 2.40. The molecule has 0 radical (unpaired) electrons. The molecule has 0 heterocycles. The van der Waals surface area contributed by atoms with Gasteiger partial charge in [-0.3, -0.25) is 4.79 Å². The summed E-state index contributed by atoms with van der Waals surface area (Å²) < 4.78 is 0. The highest BCUT2D eigenvalue weighted by molar-refractivity contribution is 7.98. The van der Waals surface area contributed by atoms with Crippen molar-refractivity contribution in [2.75, 3.05) is 24.2 Å². The summed E-state index contributed by atoms with van der Waals surface area (Å²) in [5.41, 5.74) is 1.09. The van der Waals surface area contributed by atoms with Gasteiger partial charge < -0.3 is 10.0 Å². The van der Waals surface area contributed by atoms with E-state index in [4.69, 9.17) is 5.11 Å². The lowest BCUT2D eigenvalue weighted by Gasteiger charge is -2.22. The Balaban J connectivity index is 2.73. The molecule has 16 heavy (non-hydrogen) atoms. The summed E-state index contributed by atoms with van der Waals surface area (Å²) in [5.74, 6) is -0.750. The minimum Gasteiger partial charge on any atom is -0.481 e. The molecule has 0 saturated heterocycles. The summed E-state index contributed by atoms with van der Waals surface area (Å²) in [6.07, 6.45) is 2.21. The van der Waals surface area contributed by atoms with Crippen LogP contribution in [0.3, 0.4) is 0 Å². The van der Waals surface area contributed by atoms with E-state index in [0.717, 1.165) is 12.2 Å². The van der Waals surface area contributed by atoms with Gasteiger partial charge in [0.1, 0.15) is 0 Å². The van der Waals surface area contributed by atoms with Gasteiger partial charge in [0.2, 0.25) is 0 Å². The lowest BCUT2D eigenvalue weighted by atomic mass is 10.2. The fraction of sp³-hybridized carbons (Fsp3) is 0.417. The highest BCUT2D eigenvalue weighted by Crippen LogP contribution is 2.22. The van der Waals surface area contributed by atoms with E-state index in [1.54, 1.807) is 11.8 Å². The third-order valence-corrected chi connectivity index (χ3v) is 3.12. The molecule has 0 aromatic heterocycles. The molecule has 1 aromatic carbocycles. The molecule has 0 bridgehead atoms. The summed E-state index contributed by atoms with van der Waals surface area (Å²) in [4.78, 5) is 13.8. The smallest absolute Gasteiger partial charge is 0.305 e. The van der Waals surface area contributed by atoms with Crippen molar-refractivity contribution in [3.63, 3.8) is 0 Å². The number of carboxylic acid groups (broad SMARTS) is 1. The number of hydrogen-bond donors (Lipinski definition) is 1. The first-order chi connectivity index (χ1) is 7.67. The Morgan fingerprint density at radius 3 is 2.81 bits per heavy atom. The Morgan fingerprint density at radius 1 is 1.50 bits per heavy atom. The van der Waals surface area contributed by atoms with Gasteiger partial charge in [0.15, 0.2) is 0 Å². The van der Waals surface area contributed by atoms with Crippen molar-refractivity contribution in [3.8, 4) is 0 Å². The van der Waals surface area contributed by atoms with Gasteiger partial charge in [-0.25, -0.2) is 0 Å². The maximum atomic E-state index is 10.5. The summed E-state index contributed by atoms with van der Waals surface area (Å²) in [6.45, 7) is 3.42. The van der Waals surface area contributed by atoms with E-state index < -0.39 is 5.97 Å². The largest absolute Gasteiger partial charge is 0.481 e. The molecule has 1 aromatic rings. The molecule has 0 aliphatic heterocycles. The van der Waals surface area contributed by atoms with Crippen molar-refractivity contribution in [2.24, 2.45) is 0 Å². The lowest BCUT2D eigenvalue weighted by Crippen LogP contribution is -2.25. The maximum absolute atomic E-state index is 10.5. The molecule has 0 aliphatic rings. The Kier molecular flexibility index (Phi) is 5.19. The first kappa shape index (κ1) is 12.9. The van der Waals surface area contributed by atoms with Crippen molar-refractivity contribution in [1.29, 1.82) is 0 Å². The second-order valence-corrected chi connectivity index (χ2v) is 4.30. The molecule has 1 rings (SSSR count). The maximum Gasteiger partial charge on any atom is 0.305 e. The van der Waals surface area contributed by atoms with Crippen LogP contribution in [0, 0.1) is 0 Å². The molecule has 3 nitrogen and oxygen atoms in total. The Hall–Kier alpha value is -1.16. The van der Waals surface area contributed by atoms with Gasteiger partial charge in [0.05, 0.1) is 6.42 Å². The lowest BCUT2D eigenvalue weighted by molar-refractivity contribution is -0.136. The van der Waals surface area contributed by atoms with Gasteiger partial charge in [-0.15, -0.1) is 11.8 Å². The van der Waals surface area contributed by atoms with Gasteiger partial charge >= 0.3 is 5.97 Å². The van der Waals surface area contributed by atoms with Gasteiger partial charge in [0, 0.05) is 23.7 Å². The summed E-state index contributed by atoms with van der Waals surface area (Å²) >= 11 is 1.69. The number of aliphatic carboxylic acids is 1. The molecular formula is C12H17NO2S. The minimum atomic E-state index is -0.750. The Labute approximate surface area is 100 Å². The van der Waals surface area contributed by atoms with Crippen molar-refractivity contribution in [3.05, 3.63) is 24.3 Å². The predicted molar refractivity (Wildman–Crippen MR) is 68.4 cm³/mol. The number of hydrogen-bond acceptors (Lipinski definition) is 3. The number of anilines is 1. The van der Waals surface area contributed by atoms with Crippen molar-refractivity contribution in [1.82, 2.24) is 0 Å². The van der Waals surface area contributed by atoms with Crippen LogP contribution in [0.15, 0.2) is 29.2 Å². The van der Waals surface area contributed by atoms with Crippen LogP contribution in [0.4, 0.5) is 5.69 Å². The van der Waals surface area contributed by atoms with Crippen LogP contribution in [0.1, 0.15) is 13.3 Å². The van der Waals surface area contributed by atoms with E-state index in [0.29, 0.717) is 6.54 Å². The number of benzene rings is 1. The van der Waals surface area contributed by atoms with Crippen molar-refractivity contribution in [2.45, 2.75) is 18.2 Å². The molecule has 0 saturated carbocycles. The third kappa shape index (κ3) is 3.77. The number of nitrogens with zero attached hydrogens (tertiary/aromatic N) is 1. The van der Waals surface area contributed by atoms with Gasteiger partial charge in [-0.2, -0.15) is 0 Å². The molecule has 0 spiro atoms. The van der Waals surface area contributed by atoms with E-state index in [2.05, 4.69) is 17.0 Å². The predicted octanol–water partition coefficient (Wildman–Crippen LogP) is 2.71. The zero-order valence-corrected chi connectivity index (χ0v) is 10.5. The van der Waals surface area contributed by atoms with E-state index in [1.807, 2.05) is 25.3 Å². The molecule has 1 N–H and O–H groups in total. The van der Waals surface area contributed by atoms with Crippen LogP contribution < -0.4 is 4.90 Å². The Morgan fingerprint density at radius 2 is 2.25 bits per heavy atom. The standard InChI is InChI=1S/C12H17NO2S/c1-3-13(8-7-12(14)15)10-5-4-6-11(9-10)16-2/h4-6,9H,3,7-8H2,1-2H3,(H,14,15). The first-order valence-electron chi connectivity index (χ1n) is 5.28. The molecule has 0 aliphatic carbocycles. The molecule has 0 amide bonds. The minimum absolute atomic E-state index is 0.178. The van der Waals surface area contributed by atoms with Crippen molar-refractivity contribution >= 4 is 23.4 Å². The Bertz CT molecular complexity index is 355. The highest BCUT2D eigenvalue weighted by atomic mass is 32.2. The first-order valence-corrected chi connectivity index (χ1v) is 6.50. The van der Waals surface area contributed by atoms with E-state index in [-0.39, 0.29) is 6.42 Å². The number of rotatable bonds is 6. The zero-order chi connectivity index (χ0) is 12.0. The second kappa shape index (κ2) is 6.43.